The van der Waals surface area contributed by atoms with Gasteiger partial charge in [-0.2, -0.15) is 0 Å². The van der Waals surface area contributed by atoms with Crippen molar-refractivity contribution >= 4 is 35.3 Å². The molecule has 2 rings (SSSR count). The molecular weight excluding hydrogens is 460 g/mol. The van der Waals surface area contributed by atoms with Crippen molar-refractivity contribution in [3.05, 3.63) is 29.8 Å². The van der Waals surface area contributed by atoms with Gasteiger partial charge in [0.05, 0.1) is 5.56 Å². The van der Waals surface area contributed by atoms with E-state index in [4.69, 9.17) is 4.74 Å². The van der Waals surface area contributed by atoms with E-state index in [1.54, 1.807) is 24.3 Å². The van der Waals surface area contributed by atoms with E-state index in [-0.39, 0.29) is 11.9 Å². The molecule has 0 aliphatic rings. The van der Waals surface area contributed by atoms with Gasteiger partial charge in [0, 0.05) is 33.2 Å². The Labute approximate surface area is 213 Å². The third kappa shape index (κ3) is 10.3. The number of carbonyl (C=O) groups excluding carboxylic acids is 2. The van der Waals surface area contributed by atoms with E-state index in [0.29, 0.717) is 41.9 Å². The second kappa shape index (κ2) is 13.5. The first-order valence-corrected chi connectivity index (χ1v) is 12.3. The van der Waals surface area contributed by atoms with Crippen molar-refractivity contribution < 1.29 is 14.3 Å². The van der Waals surface area contributed by atoms with Crippen molar-refractivity contribution in [3.8, 4) is 0 Å². The van der Waals surface area contributed by atoms with Gasteiger partial charge >= 0.3 is 6.09 Å². The summed E-state index contributed by atoms with van der Waals surface area (Å²) in [4.78, 5) is 31.1. The average molecular weight is 501 g/mol. The molecule has 2 aromatic rings. The summed E-state index contributed by atoms with van der Waals surface area (Å²) in [5.41, 5.74) is -0.0963. The first-order valence-electron chi connectivity index (χ1n) is 12.3. The Morgan fingerprint density at radius 3 is 2.28 bits per heavy atom. The van der Waals surface area contributed by atoms with Crippen LogP contribution in [0.4, 0.5) is 28.1 Å². The number of unbranched alkanes of at least 4 members (excludes halogenated alkanes) is 2. The van der Waals surface area contributed by atoms with Crippen molar-refractivity contribution in [1.82, 2.24) is 20.5 Å². The van der Waals surface area contributed by atoms with Crippen molar-refractivity contribution in [2.45, 2.75) is 65.5 Å². The number of nitrogens with zero attached hydrogens (tertiary/aromatic N) is 4. The molecule has 0 saturated carbocycles. The van der Waals surface area contributed by atoms with Gasteiger partial charge < -0.3 is 30.9 Å². The Bertz CT molecular complexity index is 988. The molecule has 0 saturated heterocycles. The summed E-state index contributed by atoms with van der Waals surface area (Å²) < 4.78 is 5.23. The maximum absolute atomic E-state index is 13.0. The highest BCUT2D eigenvalue weighted by molar-refractivity contribution is 6.07. The maximum atomic E-state index is 13.0. The molecule has 0 aromatic carbocycles. The minimum absolute atomic E-state index is 0.202. The number of aromatic nitrogens is 3. The second-order valence-corrected chi connectivity index (χ2v) is 9.93. The third-order valence-corrected chi connectivity index (χ3v) is 4.74. The number of pyridine rings is 1. The highest BCUT2D eigenvalue weighted by atomic mass is 16.6. The fraction of sp³-hybridized carbons (Fsp3) is 0.560. The Kier molecular flexibility index (Phi) is 10.7. The normalized spacial score (nSPS) is 11.1. The van der Waals surface area contributed by atoms with Gasteiger partial charge in [-0.25, -0.2) is 9.78 Å². The van der Waals surface area contributed by atoms with Gasteiger partial charge in [-0.1, -0.05) is 0 Å². The van der Waals surface area contributed by atoms with Crippen LogP contribution >= 0.6 is 0 Å². The zero-order chi connectivity index (χ0) is 26.7. The molecule has 198 valence electrons. The quantitative estimate of drug-likeness (QED) is 0.318. The summed E-state index contributed by atoms with van der Waals surface area (Å²) in [6.45, 7) is 10.7. The van der Waals surface area contributed by atoms with Crippen molar-refractivity contribution in [3.63, 3.8) is 0 Å². The number of nitrogens with one attached hydrogen (secondary N) is 4. The van der Waals surface area contributed by atoms with E-state index in [0.717, 1.165) is 19.3 Å². The highest BCUT2D eigenvalue weighted by Gasteiger charge is 2.16. The summed E-state index contributed by atoms with van der Waals surface area (Å²) in [6, 6.07) is 7.21. The van der Waals surface area contributed by atoms with Gasteiger partial charge in [-0.3, -0.25) is 4.79 Å². The van der Waals surface area contributed by atoms with E-state index in [9.17, 15) is 9.59 Å². The molecule has 4 N–H and O–H groups in total. The number of hydrogen-bond acceptors (Lipinski definition) is 9. The van der Waals surface area contributed by atoms with Gasteiger partial charge in [0.15, 0.2) is 11.6 Å². The molecule has 11 heteroatoms. The molecule has 0 aliphatic carbocycles. The Hall–Kier alpha value is -3.63. The van der Waals surface area contributed by atoms with Crippen molar-refractivity contribution in [2.75, 3.05) is 48.0 Å². The molecule has 2 aromatic heterocycles. The number of alkyl carbamates (subject to hydrolysis) is 1. The van der Waals surface area contributed by atoms with Crippen molar-refractivity contribution in [1.29, 1.82) is 0 Å². The van der Waals surface area contributed by atoms with E-state index in [1.807, 2.05) is 53.6 Å². The van der Waals surface area contributed by atoms with Gasteiger partial charge in [0.2, 0.25) is 0 Å². The monoisotopic (exact) mass is 500 g/mol. The van der Waals surface area contributed by atoms with Crippen LogP contribution in [0.1, 0.15) is 64.2 Å². The Morgan fingerprint density at radius 2 is 1.67 bits per heavy atom. The van der Waals surface area contributed by atoms with Crippen LogP contribution < -0.4 is 26.2 Å². The van der Waals surface area contributed by atoms with Gasteiger partial charge in [0.25, 0.3) is 5.91 Å². The number of carbonyl (C=O) groups is 2. The standard InChI is InChI=1S/C25H40N8O3/c1-17(2)28-19-12-11-18(23(34)30-20-13-14-21(32-31-20)33(6)7)22(29-19)26-15-9-8-10-16-27-24(35)36-25(3,4)5/h11-14,17H,8-10,15-16H2,1-7H3,(H,27,35)(H2,26,28,29)(H,30,31,34). The van der Waals surface area contributed by atoms with E-state index in [2.05, 4.69) is 36.4 Å². The molecule has 0 bridgehead atoms. The number of amides is 2. The molecule has 2 amide bonds. The zero-order valence-corrected chi connectivity index (χ0v) is 22.4. The van der Waals surface area contributed by atoms with E-state index < -0.39 is 11.7 Å². The van der Waals surface area contributed by atoms with Crippen LogP contribution in [-0.4, -0.2) is 66.0 Å². The van der Waals surface area contributed by atoms with Gasteiger partial charge in [-0.05, 0) is 78.1 Å². The number of hydrogen-bond donors (Lipinski definition) is 4. The second-order valence-electron chi connectivity index (χ2n) is 9.93. The molecule has 0 atom stereocenters. The first-order chi connectivity index (χ1) is 16.9. The zero-order valence-electron chi connectivity index (χ0n) is 22.4. The van der Waals surface area contributed by atoms with Crippen molar-refractivity contribution in [2.24, 2.45) is 0 Å². The lowest BCUT2D eigenvalue weighted by molar-refractivity contribution is 0.0527. The lowest BCUT2D eigenvalue weighted by Crippen LogP contribution is -2.33. The molecule has 0 radical (unpaired) electrons. The molecule has 0 fully saturated rings. The summed E-state index contributed by atoms with van der Waals surface area (Å²) in [5, 5.41) is 20.3. The minimum atomic E-state index is -0.508. The predicted molar refractivity (Wildman–Crippen MR) is 144 cm³/mol. The maximum Gasteiger partial charge on any atom is 0.407 e. The highest BCUT2D eigenvalue weighted by Crippen LogP contribution is 2.19. The SMILES string of the molecule is CC(C)Nc1ccc(C(=O)Nc2ccc(N(C)C)nn2)c(NCCCCCNC(=O)OC(C)(C)C)n1. The van der Waals surface area contributed by atoms with Crippen LogP contribution in [0.3, 0.4) is 0 Å². The number of anilines is 4. The van der Waals surface area contributed by atoms with Gasteiger partial charge in [-0.15, -0.1) is 10.2 Å². The Balaban J connectivity index is 1.93. The molecule has 2 heterocycles. The Morgan fingerprint density at radius 1 is 0.972 bits per heavy atom. The molecule has 0 spiro atoms. The lowest BCUT2D eigenvalue weighted by Gasteiger charge is -2.19. The predicted octanol–water partition coefficient (Wildman–Crippen LogP) is 4.12. The van der Waals surface area contributed by atoms with E-state index in [1.165, 1.54) is 0 Å². The average Bonchev–Trinajstić information content (AvgIpc) is 2.77. The summed E-state index contributed by atoms with van der Waals surface area (Å²) in [7, 11) is 3.74. The first kappa shape index (κ1) is 28.6. The topological polar surface area (TPSA) is 133 Å². The summed E-state index contributed by atoms with van der Waals surface area (Å²) >= 11 is 0. The minimum Gasteiger partial charge on any atom is -0.444 e. The lowest BCUT2D eigenvalue weighted by atomic mass is 10.2. The molecule has 0 aliphatic heterocycles. The summed E-state index contributed by atoms with van der Waals surface area (Å²) in [6.07, 6.45) is 2.15. The van der Waals surface area contributed by atoms with Crippen LogP contribution in [0.2, 0.25) is 0 Å². The smallest absolute Gasteiger partial charge is 0.407 e. The number of rotatable bonds is 12. The molecule has 0 unspecified atom stereocenters. The van der Waals surface area contributed by atoms with Crippen LogP contribution in [0, 0.1) is 0 Å². The van der Waals surface area contributed by atoms with Crippen LogP contribution in [-0.2, 0) is 4.74 Å². The molecular formula is C25H40N8O3. The fourth-order valence-corrected chi connectivity index (χ4v) is 3.11. The van der Waals surface area contributed by atoms with Crippen LogP contribution in [0.15, 0.2) is 24.3 Å². The molecule has 11 nitrogen and oxygen atoms in total. The fourth-order valence-electron chi connectivity index (χ4n) is 3.11. The van der Waals surface area contributed by atoms with E-state index >= 15 is 0 Å². The summed E-state index contributed by atoms with van der Waals surface area (Å²) in [5.74, 6) is 1.90. The van der Waals surface area contributed by atoms with Crippen LogP contribution in [0.5, 0.6) is 0 Å². The number of ether oxygens (including phenoxy) is 1. The molecule has 36 heavy (non-hydrogen) atoms. The largest absolute Gasteiger partial charge is 0.444 e. The van der Waals surface area contributed by atoms with Crippen LogP contribution in [0.25, 0.3) is 0 Å². The van der Waals surface area contributed by atoms with Gasteiger partial charge in [0.1, 0.15) is 17.2 Å². The third-order valence-electron chi connectivity index (χ3n) is 4.74.